The molecule has 1 rings (SSSR count). The van der Waals surface area contributed by atoms with Gasteiger partial charge in [-0.25, -0.2) is 0 Å². The highest BCUT2D eigenvalue weighted by molar-refractivity contribution is 5.09. The molecule has 1 saturated heterocycles. The van der Waals surface area contributed by atoms with Crippen LogP contribution in [0.5, 0.6) is 0 Å². The van der Waals surface area contributed by atoms with Crippen LogP contribution in [-0.2, 0) is 4.74 Å². The summed E-state index contributed by atoms with van der Waals surface area (Å²) in [5.41, 5.74) is 7.01. The van der Waals surface area contributed by atoms with E-state index < -0.39 is 0 Å². The van der Waals surface area contributed by atoms with Crippen LogP contribution >= 0.6 is 0 Å². The first kappa shape index (κ1) is 9.75. The number of nitrogens with two attached hydrogens (primary N) is 1. The van der Waals surface area contributed by atoms with E-state index in [9.17, 15) is 0 Å². The first-order valence-electron chi connectivity index (χ1n) is 4.72. The van der Waals surface area contributed by atoms with Crippen molar-refractivity contribution in [3.63, 3.8) is 0 Å². The molecular weight excluding hydrogens is 150 g/mol. The Labute approximate surface area is 74.8 Å². The molecule has 2 N–H and O–H groups in total. The summed E-state index contributed by atoms with van der Waals surface area (Å²) in [5.74, 6) is 1.20. The number of ether oxygens (including phenoxy) is 1. The SMILES string of the molecule is CC(C)/C(=C\C1CCOC1)CN. The molecule has 1 unspecified atom stereocenters. The Balaban J connectivity index is 2.50. The van der Waals surface area contributed by atoms with Crippen LogP contribution in [0.15, 0.2) is 11.6 Å². The van der Waals surface area contributed by atoms with Gasteiger partial charge in [0, 0.05) is 19.1 Å². The van der Waals surface area contributed by atoms with Crippen molar-refractivity contribution in [3.8, 4) is 0 Å². The molecule has 1 heterocycles. The molecule has 0 spiro atoms. The van der Waals surface area contributed by atoms with Gasteiger partial charge in [0.25, 0.3) is 0 Å². The monoisotopic (exact) mass is 169 g/mol. The molecule has 0 aliphatic carbocycles. The minimum Gasteiger partial charge on any atom is -0.381 e. The predicted octanol–water partition coefficient (Wildman–Crippen LogP) is 1.56. The zero-order valence-corrected chi connectivity index (χ0v) is 8.05. The van der Waals surface area contributed by atoms with Gasteiger partial charge in [-0.15, -0.1) is 0 Å². The number of hydrogen-bond acceptors (Lipinski definition) is 2. The summed E-state index contributed by atoms with van der Waals surface area (Å²) in [6, 6.07) is 0. The summed E-state index contributed by atoms with van der Waals surface area (Å²) in [6.07, 6.45) is 3.47. The van der Waals surface area contributed by atoms with E-state index in [1.54, 1.807) is 0 Å². The van der Waals surface area contributed by atoms with Gasteiger partial charge in [0.2, 0.25) is 0 Å². The average molecular weight is 169 g/mol. The van der Waals surface area contributed by atoms with Gasteiger partial charge in [-0.2, -0.15) is 0 Å². The minimum absolute atomic E-state index is 0.579. The molecule has 0 aromatic heterocycles. The minimum atomic E-state index is 0.579. The second-order valence-corrected chi connectivity index (χ2v) is 3.72. The molecule has 1 atom stereocenters. The van der Waals surface area contributed by atoms with Crippen molar-refractivity contribution >= 4 is 0 Å². The molecule has 12 heavy (non-hydrogen) atoms. The molecule has 1 aliphatic heterocycles. The standard InChI is InChI=1S/C10H19NO/c1-8(2)10(6-11)5-9-3-4-12-7-9/h5,8-9H,3-4,6-7,11H2,1-2H3/b10-5-. The van der Waals surface area contributed by atoms with Crippen molar-refractivity contribution in [1.29, 1.82) is 0 Å². The molecule has 0 bridgehead atoms. The summed E-state index contributed by atoms with van der Waals surface area (Å²) >= 11 is 0. The fourth-order valence-electron chi connectivity index (χ4n) is 1.48. The van der Waals surface area contributed by atoms with E-state index in [0.717, 1.165) is 19.6 Å². The number of rotatable bonds is 3. The smallest absolute Gasteiger partial charge is 0.0529 e. The Morgan fingerprint density at radius 2 is 2.42 bits per heavy atom. The number of hydrogen-bond donors (Lipinski definition) is 1. The van der Waals surface area contributed by atoms with Gasteiger partial charge in [0.15, 0.2) is 0 Å². The summed E-state index contributed by atoms with van der Waals surface area (Å²) in [4.78, 5) is 0. The molecule has 0 amide bonds. The van der Waals surface area contributed by atoms with Gasteiger partial charge in [0.05, 0.1) is 6.61 Å². The van der Waals surface area contributed by atoms with Crippen molar-refractivity contribution in [3.05, 3.63) is 11.6 Å². The quantitative estimate of drug-likeness (QED) is 0.651. The fraction of sp³-hybridized carbons (Fsp3) is 0.800. The second kappa shape index (κ2) is 4.63. The highest BCUT2D eigenvalue weighted by Gasteiger charge is 2.14. The maximum absolute atomic E-state index is 5.64. The van der Waals surface area contributed by atoms with Crippen molar-refractivity contribution in [2.75, 3.05) is 19.8 Å². The lowest BCUT2D eigenvalue weighted by Crippen LogP contribution is -2.10. The Hall–Kier alpha value is -0.340. The summed E-state index contributed by atoms with van der Waals surface area (Å²) in [6.45, 7) is 6.87. The van der Waals surface area contributed by atoms with Crippen LogP contribution in [0.25, 0.3) is 0 Å². The van der Waals surface area contributed by atoms with E-state index in [4.69, 9.17) is 10.5 Å². The molecule has 0 saturated carbocycles. The molecule has 2 heteroatoms. The molecule has 0 aromatic carbocycles. The van der Waals surface area contributed by atoms with Gasteiger partial charge in [-0.1, -0.05) is 25.5 Å². The molecule has 2 nitrogen and oxygen atoms in total. The zero-order valence-electron chi connectivity index (χ0n) is 8.05. The maximum atomic E-state index is 5.64. The van der Waals surface area contributed by atoms with Gasteiger partial charge < -0.3 is 10.5 Å². The Morgan fingerprint density at radius 1 is 1.67 bits per heavy atom. The van der Waals surface area contributed by atoms with E-state index >= 15 is 0 Å². The van der Waals surface area contributed by atoms with Crippen LogP contribution in [0.2, 0.25) is 0 Å². The molecule has 1 fully saturated rings. The topological polar surface area (TPSA) is 35.2 Å². The molecule has 70 valence electrons. The molecule has 0 aromatic rings. The van der Waals surface area contributed by atoms with E-state index in [2.05, 4.69) is 19.9 Å². The third-order valence-electron chi connectivity index (χ3n) is 2.39. The first-order chi connectivity index (χ1) is 5.74. The maximum Gasteiger partial charge on any atom is 0.0529 e. The highest BCUT2D eigenvalue weighted by atomic mass is 16.5. The van der Waals surface area contributed by atoms with Crippen molar-refractivity contribution in [2.45, 2.75) is 20.3 Å². The van der Waals surface area contributed by atoms with Crippen LogP contribution in [0, 0.1) is 11.8 Å². The van der Waals surface area contributed by atoms with Crippen molar-refractivity contribution < 1.29 is 4.74 Å². The van der Waals surface area contributed by atoms with Gasteiger partial charge in [-0.3, -0.25) is 0 Å². The fourth-order valence-corrected chi connectivity index (χ4v) is 1.48. The van der Waals surface area contributed by atoms with Crippen LogP contribution in [-0.4, -0.2) is 19.8 Å². The lowest BCUT2D eigenvalue weighted by Gasteiger charge is -2.10. The summed E-state index contributed by atoms with van der Waals surface area (Å²) in [5, 5.41) is 0. The summed E-state index contributed by atoms with van der Waals surface area (Å²) in [7, 11) is 0. The van der Waals surface area contributed by atoms with E-state index in [1.807, 2.05) is 0 Å². The van der Waals surface area contributed by atoms with Crippen molar-refractivity contribution in [1.82, 2.24) is 0 Å². The Morgan fingerprint density at radius 3 is 2.83 bits per heavy atom. The highest BCUT2D eigenvalue weighted by Crippen LogP contribution is 2.18. The third kappa shape index (κ3) is 2.61. The lowest BCUT2D eigenvalue weighted by molar-refractivity contribution is 0.191. The molecule has 1 aliphatic rings. The van der Waals surface area contributed by atoms with Crippen LogP contribution in [0.1, 0.15) is 20.3 Å². The average Bonchev–Trinajstić information content (AvgIpc) is 2.51. The Kier molecular flexibility index (Phi) is 3.76. The van der Waals surface area contributed by atoms with Crippen LogP contribution in [0.4, 0.5) is 0 Å². The van der Waals surface area contributed by atoms with Gasteiger partial charge >= 0.3 is 0 Å². The van der Waals surface area contributed by atoms with E-state index in [1.165, 1.54) is 5.57 Å². The zero-order chi connectivity index (χ0) is 8.97. The van der Waals surface area contributed by atoms with Gasteiger partial charge in [-0.05, 0) is 12.3 Å². The predicted molar refractivity (Wildman–Crippen MR) is 50.9 cm³/mol. The lowest BCUT2D eigenvalue weighted by atomic mass is 9.97. The third-order valence-corrected chi connectivity index (χ3v) is 2.39. The molecule has 0 radical (unpaired) electrons. The van der Waals surface area contributed by atoms with E-state index in [0.29, 0.717) is 18.4 Å². The van der Waals surface area contributed by atoms with Crippen LogP contribution < -0.4 is 5.73 Å². The van der Waals surface area contributed by atoms with Crippen LogP contribution in [0.3, 0.4) is 0 Å². The summed E-state index contributed by atoms with van der Waals surface area (Å²) < 4.78 is 5.30. The Bertz CT molecular complexity index is 157. The first-order valence-corrected chi connectivity index (χ1v) is 4.72. The molecular formula is C10H19NO. The van der Waals surface area contributed by atoms with Gasteiger partial charge in [0.1, 0.15) is 0 Å². The second-order valence-electron chi connectivity index (χ2n) is 3.72. The van der Waals surface area contributed by atoms with E-state index in [-0.39, 0.29) is 0 Å². The van der Waals surface area contributed by atoms with Crippen molar-refractivity contribution in [2.24, 2.45) is 17.6 Å². The normalized spacial score (nSPS) is 25.3. The largest absolute Gasteiger partial charge is 0.381 e.